The largest absolute Gasteiger partial charge is 0.497 e. The summed E-state index contributed by atoms with van der Waals surface area (Å²) in [7, 11) is 1.55. The van der Waals surface area contributed by atoms with Crippen molar-refractivity contribution in [1.29, 1.82) is 0 Å². The minimum atomic E-state index is -0.810. The van der Waals surface area contributed by atoms with Crippen molar-refractivity contribution < 1.29 is 33.0 Å². The van der Waals surface area contributed by atoms with Crippen LogP contribution in [0.4, 0.5) is 10.1 Å². The van der Waals surface area contributed by atoms with Gasteiger partial charge in [0.05, 0.1) is 25.7 Å². The first kappa shape index (κ1) is 20.9. The number of hydrogen-bond donors (Lipinski definition) is 1. The van der Waals surface area contributed by atoms with E-state index in [0.29, 0.717) is 11.5 Å². The summed E-state index contributed by atoms with van der Waals surface area (Å²) in [4.78, 5) is 34.7. The van der Waals surface area contributed by atoms with Gasteiger partial charge in [-0.3, -0.25) is 14.4 Å². The number of methoxy groups -OCH3 is 1. The summed E-state index contributed by atoms with van der Waals surface area (Å²) in [6, 6.07) is 10.5. The van der Waals surface area contributed by atoms with E-state index >= 15 is 0 Å². The third kappa shape index (κ3) is 6.39. The Morgan fingerprint density at radius 2 is 1.71 bits per heavy atom. The fourth-order valence-corrected chi connectivity index (χ4v) is 2.24. The van der Waals surface area contributed by atoms with Gasteiger partial charge in [-0.2, -0.15) is 0 Å². The van der Waals surface area contributed by atoms with Crippen molar-refractivity contribution >= 4 is 23.3 Å². The van der Waals surface area contributed by atoms with Crippen molar-refractivity contribution in [2.24, 2.45) is 0 Å². The zero-order valence-corrected chi connectivity index (χ0v) is 15.5. The number of ketones is 1. The minimum Gasteiger partial charge on any atom is -0.497 e. The standard InChI is InChI=1S/C20H20FNO6/c1-13(23)22-14-3-8-17(18(21)11-14)19(24)12-28-20(25)9-10-27-16-6-4-15(26-2)5-7-16/h3-8,11H,9-10,12H2,1-2H3,(H,22,23). The molecule has 0 unspecified atom stereocenters. The van der Waals surface area contributed by atoms with Crippen molar-refractivity contribution in [2.75, 3.05) is 25.6 Å². The van der Waals surface area contributed by atoms with Crippen molar-refractivity contribution in [3.05, 3.63) is 53.8 Å². The average Bonchev–Trinajstić information content (AvgIpc) is 2.66. The van der Waals surface area contributed by atoms with Gasteiger partial charge < -0.3 is 19.5 Å². The first-order valence-corrected chi connectivity index (χ1v) is 8.42. The van der Waals surface area contributed by atoms with E-state index in [1.807, 2.05) is 0 Å². The third-order valence-electron chi connectivity index (χ3n) is 3.59. The van der Waals surface area contributed by atoms with Gasteiger partial charge in [0.25, 0.3) is 0 Å². The Balaban J connectivity index is 1.77. The quantitative estimate of drug-likeness (QED) is 0.524. The van der Waals surface area contributed by atoms with Gasteiger partial charge in [-0.05, 0) is 42.5 Å². The van der Waals surface area contributed by atoms with E-state index in [9.17, 15) is 18.8 Å². The fourth-order valence-electron chi connectivity index (χ4n) is 2.24. The van der Waals surface area contributed by atoms with E-state index in [-0.39, 0.29) is 30.2 Å². The van der Waals surface area contributed by atoms with Crippen molar-refractivity contribution in [2.45, 2.75) is 13.3 Å². The first-order valence-electron chi connectivity index (χ1n) is 8.42. The Morgan fingerprint density at radius 1 is 1.04 bits per heavy atom. The van der Waals surface area contributed by atoms with Crippen LogP contribution in [-0.2, 0) is 14.3 Å². The van der Waals surface area contributed by atoms with Crippen molar-refractivity contribution in [3.63, 3.8) is 0 Å². The summed E-state index contributed by atoms with van der Waals surface area (Å²) in [5, 5.41) is 2.41. The molecule has 8 heteroatoms. The number of benzene rings is 2. The van der Waals surface area contributed by atoms with Gasteiger partial charge in [-0.25, -0.2) is 4.39 Å². The Hall–Kier alpha value is -3.42. The van der Waals surface area contributed by atoms with Crippen LogP contribution in [0.25, 0.3) is 0 Å². The number of carbonyl (C=O) groups excluding carboxylic acids is 3. The molecule has 0 heterocycles. The maximum absolute atomic E-state index is 14.0. The molecule has 0 aliphatic heterocycles. The molecule has 1 amide bonds. The predicted molar refractivity (Wildman–Crippen MR) is 99.1 cm³/mol. The number of anilines is 1. The van der Waals surface area contributed by atoms with E-state index in [0.717, 1.165) is 6.07 Å². The summed E-state index contributed by atoms with van der Waals surface area (Å²) < 4.78 is 29.3. The van der Waals surface area contributed by atoms with E-state index in [1.165, 1.54) is 19.1 Å². The Bertz CT molecular complexity index is 850. The molecule has 28 heavy (non-hydrogen) atoms. The number of hydrogen-bond acceptors (Lipinski definition) is 6. The van der Waals surface area contributed by atoms with Crippen LogP contribution in [0, 0.1) is 5.82 Å². The molecule has 1 N–H and O–H groups in total. The van der Waals surface area contributed by atoms with E-state index in [4.69, 9.17) is 14.2 Å². The highest BCUT2D eigenvalue weighted by Gasteiger charge is 2.15. The number of carbonyl (C=O) groups is 3. The molecular formula is C20H20FNO6. The lowest BCUT2D eigenvalue weighted by Gasteiger charge is -2.08. The molecule has 0 radical (unpaired) electrons. The molecule has 0 aliphatic rings. The van der Waals surface area contributed by atoms with E-state index < -0.39 is 24.2 Å². The van der Waals surface area contributed by atoms with Gasteiger partial charge in [-0.1, -0.05) is 0 Å². The molecule has 0 saturated heterocycles. The number of ether oxygens (including phenoxy) is 3. The van der Waals surface area contributed by atoms with Gasteiger partial charge >= 0.3 is 5.97 Å². The summed E-state index contributed by atoms with van der Waals surface area (Å²) in [5.41, 5.74) is 0.00519. The van der Waals surface area contributed by atoms with Crippen LogP contribution >= 0.6 is 0 Å². The number of nitrogens with one attached hydrogen (secondary N) is 1. The topological polar surface area (TPSA) is 90.9 Å². The highest BCUT2D eigenvalue weighted by Crippen LogP contribution is 2.17. The van der Waals surface area contributed by atoms with Gasteiger partial charge in [0.1, 0.15) is 17.3 Å². The van der Waals surface area contributed by atoms with Crippen molar-refractivity contribution in [1.82, 2.24) is 0 Å². The Morgan fingerprint density at radius 3 is 2.32 bits per heavy atom. The molecule has 2 rings (SSSR count). The molecule has 148 valence electrons. The fraction of sp³-hybridized carbons (Fsp3) is 0.250. The lowest BCUT2D eigenvalue weighted by Crippen LogP contribution is -2.17. The van der Waals surface area contributed by atoms with Gasteiger partial charge in [-0.15, -0.1) is 0 Å². The molecule has 0 atom stereocenters. The van der Waals surface area contributed by atoms with Crippen LogP contribution in [-0.4, -0.2) is 38.0 Å². The van der Waals surface area contributed by atoms with Crippen LogP contribution in [0.2, 0.25) is 0 Å². The molecule has 7 nitrogen and oxygen atoms in total. The maximum atomic E-state index is 14.0. The van der Waals surface area contributed by atoms with Gasteiger partial charge in [0.15, 0.2) is 6.61 Å². The molecule has 0 aromatic heterocycles. The predicted octanol–water partition coefficient (Wildman–Crippen LogP) is 2.99. The van der Waals surface area contributed by atoms with Gasteiger partial charge in [0.2, 0.25) is 11.7 Å². The molecule has 0 spiro atoms. The van der Waals surface area contributed by atoms with Crippen molar-refractivity contribution in [3.8, 4) is 11.5 Å². The number of rotatable bonds is 9. The SMILES string of the molecule is COc1ccc(OCCC(=O)OCC(=O)c2ccc(NC(C)=O)cc2F)cc1. The highest BCUT2D eigenvalue weighted by molar-refractivity contribution is 5.99. The summed E-state index contributed by atoms with van der Waals surface area (Å²) in [5.74, 6) is -1.25. The molecule has 0 saturated carbocycles. The maximum Gasteiger partial charge on any atom is 0.309 e. The van der Waals surface area contributed by atoms with Crippen LogP contribution in [0.1, 0.15) is 23.7 Å². The second-order valence-electron chi connectivity index (χ2n) is 5.73. The van der Waals surface area contributed by atoms with Crippen LogP contribution in [0.3, 0.4) is 0 Å². The average molecular weight is 389 g/mol. The highest BCUT2D eigenvalue weighted by atomic mass is 19.1. The van der Waals surface area contributed by atoms with Gasteiger partial charge in [0, 0.05) is 12.6 Å². The summed E-state index contributed by atoms with van der Waals surface area (Å²) >= 11 is 0. The number of amides is 1. The molecule has 2 aromatic carbocycles. The van der Waals surface area contributed by atoms with E-state index in [2.05, 4.69) is 5.32 Å². The Labute approximate surface area is 161 Å². The molecular weight excluding hydrogens is 369 g/mol. The molecule has 0 bridgehead atoms. The molecule has 0 aliphatic carbocycles. The minimum absolute atomic E-state index is 0.0662. The number of esters is 1. The second kappa shape index (κ2) is 10.1. The summed E-state index contributed by atoms with van der Waals surface area (Å²) in [6.45, 7) is 0.770. The van der Waals surface area contributed by atoms with Crippen LogP contribution in [0.5, 0.6) is 11.5 Å². The normalized spacial score (nSPS) is 10.1. The van der Waals surface area contributed by atoms with Crippen LogP contribution < -0.4 is 14.8 Å². The number of Topliss-reactive ketones (excluding diaryl/α,β-unsaturated/α-hetero) is 1. The number of halogens is 1. The lowest BCUT2D eigenvalue weighted by atomic mass is 10.1. The Kier molecular flexibility index (Phi) is 7.50. The first-order chi connectivity index (χ1) is 13.4. The monoisotopic (exact) mass is 389 g/mol. The molecule has 0 fully saturated rings. The zero-order chi connectivity index (χ0) is 20.5. The summed E-state index contributed by atoms with van der Waals surface area (Å²) in [6.07, 6.45) is -0.0662. The second-order valence-corrected chi connectivity index (χ2v) is 5.73. The molecule has 2 aromatic rings. The lowest BCUT2D eigenvalue weighted by molar-refractivity contribution is -0.143. The third-order valence-corrected chi connectivity index (χ3v) is 3.59. The van der Waals surface area contributed by atoms with E-state index in [1.54, 1.807) is 31.4 Å². The zero-order valence-electron chi connectivity index (χ0n) is 15.5. The smallest absolute Gasteiger partial charge is 0.309 e. The van der Waals surface area contributed by atoms with Crippen LogP contribution in [0.15, 0.2) is 42.5 Å².